The van der Waals surface area contributed by atoms with Crippen LogP contribution in [0.4, 0.5) is 0 Å². The molecule has 0 aliphatic heterocycles. The van der Waals surface area contributed by atoms with Crippen molar-refractivity contribution in [3.8, 4) is 0 Å². The van der Waals surface area contributed by atoms with Crippen molar-refractivity contribution >= 4 is 11.9 Å². The summed E-state index contributed by atoms with van der Waals surface area (Å²) < 4.78 is 5.47. The molecular weight excluding hydrogens is 983 g/mol. The van der Waals surface area contributed by atoms with Gasteiger partial charge in [-0.25, -0.2) is 0 Å². The van der Waals surface area contributed by atoms with E-state index in [1.165, 1.54) is 308 Å². The quantitative estimate of drug-likeness (QED) is 0.0320. The molecule has 0 saturated carbocycles. The van der Waals surface area contributed by atoms with E-state index in [0.29, 0.717) is 19.4 Å². The lowest BCUT2D eigenvalue weighted by molar-refractivity contribution is -0.143. The van der Waals surface area contributed by atoms with Crippen LogP contribution in [0.1, 0.15) is 386 Å². The van der Waals surface area contributed by atoms with Crippen LogP contribution in [-0.4, -0.2) is 47.4 Å². The third kappa shape index (κ3) is 65.0. The van der Waals surface area contributed by atoms with Crippen molar-refractivity contribution in [3.05, 3.63) is 48.6 Å². The number of aliphatic hydroxyl groups excluding tert-OH is 2. The monoisotopic (exact) mass is 1120 g/mol. The van der Waals surface area contributed by atoms with E-state index in [0.717, 1.165) is 51.4 Å². The van der Waals surface area contributed by atoms with Crippen LogP contribution in [0.15, 0.2) is 48.6 Å². The Kier molecular flexibility index (Phi) is 67.4. The molecule has 0 aromatic heterocycles. The molecule has 0 radical (unpaired) electrons. The Hall–Kier alpha value is -2.18. The molecule has 80 heavy (non-hydrogen) atoms. The number of carbonyl (C=O) groups excluding carboxylic acids is 2. The number of nitrogens with one attached hydrogen (secondary N) is 1. The van der Waals surface area contributed by atoms with Gasteiger partial charge in [-0.05, 0) is 89.9 Å². The molecule has 0 aromatic rings. The molecule has 3 N–H and O–H groups in total. The van der Waals surface area contributed by atoms with Gasteiger partial charge in [-0.2, -0.15) is 0 Å². The molecule has 470 valence electrons. The van der Waals surface area contributed by atoms with E-state index in [-0.39, 0.29) is 18.5 Å². The van der Waals surface area contributed by atoms with Gasteiger partial charge in [0.1, 0.15) is 0 Å². The second-order valence-corrected chi connectivity index (χ2v) is 24.6. The van der Waals surface area contributed by atoms with Crippen molar-refractivity contribution in [2.24, 2.45) is 0 Å². The Balaban J connectivity index is 3.37. The number of ether oxygens (including phenoxy) is 1. The normalized spacial score (nSPS) is 12.8. The fourth-order valence-electron chi connectivity index (χ4n) is 11.1. The Bertz CT molecular complexity index is 1340. The molecule has 0 bridgehead atoms. The Morgan fingerprint density at radius 3 is 0.988 bits per heavy atom. The highest BCUT2D eigenvalue weighted by Crippen LogP contribution is 2.18. The number of amides is 1. The average Bonchev–Trinajstić information content (AvgIpc) is 3.46. The standard InChI is InChI=1S/C74H139NO5/c1-3-5-7-9-11-13-15-17-43-46-50-54-58-62-66-72(77)71(70-76)75-73(78)67-63-59-55-51-47-44-41-39-37-35-33-31-29-27-25-23-21-19-18-20-22-24-26-28-30-32-34-36-38-40-42-45-49-53-57-61-65-69-80-74(79)68-64-60-56-52-48-16-14-12-10-8-6-4-2/h12,14,18,20,24,26,62,66,71-72,76-77H,3-11,13,15-17,19,21-23,25,27-61,63-65,67-70H2,1-2H3,(H,75,78)/b14-12-,20-18-,26-24-,66-62+. The smallest absolute Gasteiger partial charge is 0.305 e. The molecule has 0 heterocycles. The van der Waals surface area contributed by atoms with Gasteiger partial charge in [-0.15, -0.1) is 0 Å². The van der Waals surface area contributed by atoms with Crippen LogP contribution in [0.3, 0.4) is 0 Å². The second-order valence-electron chi connectivity index (χ2n) is 24.6. The summed E-state index contributed by atoms with van der Waals surface area (Å²) in [5.41, 5.74) is 0. The molecule has 0 spiro atoms. The van der Waals surface area contributed by atoms with Gasteiger partial charge in [-0.3, -0.25) is 9.59 Å². The fourth-order valence-corrected chi connectivity index (χ4v) is 11.1. The van der Waals surface area contributed by atoms with Crippen molar-refractivity contribution in [2.45, 2.75) is 398 Å². The zero-order valence-electron chi connectivity index (χ0n) is 53.8. The molecule has 0 aliphatic carbocycles. The maximum atomic E-state index is 12.5. The molecule has 1 amide bonds. The number of carbonyl (C=O) groups is 2. The lowest BCUT2D eigenvalue weighted by Gasteiger charge is -2.20. The molecule has 0 aromatic carbocycles. The van der Waals surface area contributed by atoms with Crippen LogP contribution in [0, 0.1) is 0 Å². The maximum absolute atomic E-state index is 12.5. The highest BCUT2D eigenvalue weighted by atomic mass is 16.5. The molecule has 0 aliphatic rings. The van der Waals surface area contributed by atoms with Crippen LogP contribution < -0.4 is 5.32 Å². The van der Waals surface area contributed by atoms with Crippen molar-refractivity contribution in [2.75, 3.05) is 13.2 Å². The lowest BCUT2D eigenvalue weighted by atomic mass is 10.0. The van der Waals surface area contributed by atoms with E-state index >= 15 is 0 Å². The number of aliphatic hydroxyl groups is 2. The summed E-state index contributed by atoms with van der Waals surface area (Å²) in [7, 11) is 0. The predicted molar refractivity (Wildman–Crippen MR) is 352 cm³/mol. The topological polar surface area (TPSA) is 95.9 Å². The summed E-state index contributed by atoms with van der Waals surface area (Å²) in [6, 6.07) is -0.626. The van der Waals surface area contributed by atoms with Crippen LogP contribution in [0.2, 0.25) is 0 Å². The summed E-state index contributed by atoms with van der Waals surface area (Å²) >= 11 is 0. The fraction of sp³-hybridized carbons (Fsp3) is 0.865. The molecule has 6 nitrogen and oxygen atoms in total. The lowest BCUT2D eigenvalue weighted by Crippen LogP contribution is -2.45. The van der Waals surface area contributed by atoms with Gasteiger partial charge < -0.3 is 20.3 Å². The summed E-state index contributed by atoms with van der Waals surface area (Å²) in [5, 5.41) is 23.1. The van der Waals surface area contributed by atoms with Gasteiger partial charge in [0, 0.05) is 12.8 Å². The zero-order valence-corrected chi connectivity index (χ0v) is 53.8. The van der Waals surface area contributed by atoms with E-state index in [1.807, 2.05) is 6.08 Å². The minimum Gasteiger partial charge on any atom is -0.466 e. The first-order valence-electron chi connectivity index (χ1n) is 35.9. The molecule has 0 saturated heterocycles. The Morgan fingerprint density at radius 1 is 0.350 bits per heavy atom. The molecule has 0 fully saturated rings. The highest BCUT2D eigenvalue weighted by molar-refractivity contribution is 5.76. The number of rotatable bonds is 67. The van der Waals surface area contributed by atoms with Gasteiger partial charge in [0.15, 0.2) is 0 Å². The first-order valence-corrected chi connectivity index (χ1v) is 35.9. The second kappa shape index (κ2) is 69.3. The van der Waals surface area contributed by atoms with E-state index in [4.69, 9.17) is 4.74 Å². The van der Waals surface area contributed by atoms with Crippen molar-refractivity contribution in [1.29, 1.82) is 0 Å². The van der Waals surface area contributed by atoms with Crippen LogP contribution in [-0.2, 0) is 14.3 Å². The Labute approximate surface area is 499 Å². The SMILES string of the molecule is CCCCC/C=C\CCCCCCCC(=O)OCCCCCCCCCCCCCCC/C=C\C/C=C\CCCCCCCCCCCCCCCCCCCC(=O)NC(CO)C(O)/C=C/CCCCCCCCCCCCCC. The van der Waals surface area contributed by atoms with Crippen LogP contribution >= 0.6 is 0 Å². The minimum absolute atomic E-state index is 0.00840. The number of hydrogen-bond donors (Lipinski definition) is 3. The molecule has 2 unspecified atom stereocenters. The number of hydrogen-bond acceptors (Lipinski definition) is 5. The highest BCUT2D eigenvalue weighted by Gasteiger charge is 2.18. The average molecular weight is 1120 g/mol. The molecule has 0 rings (SSSR count). The third-order valence-electron chi connectivity index (χ3n) is 16.6. The van der Waals surface area contributed by atoms with Gasteiger partial charge in [0.25, 0.3) is 0 Å². The van der Waals surface area contributed by atoms with Crippen molar-refractivity contribution in [3.63, 3.8) is 0 Å². The summed E-state index contributed by atoms with van der Waals surface area (Å²) in [6.07, 6.45) is 90.7. The van der Waals surface area contributed by atoms with Crippen LogP contribution in [0.25, 0.3) is 0 Å². The predicted octanol–water partition coefficient (Wildman–Crippen LogP) is 23.3. The van der Waals surface area contributed by atoms with Gasteiger partial charge in [0.2, 0.25) is 5.91 Å². The van der Waals surface area contributed by atoms with Gasteiger partial charge >= 0.3 is 5.97 Å². The molecule has 6 heteroatoms. The number of unbranched alkanes of at least 4 members (excludes halogenated alkanes) is 50. The van der Waals surface area contributed by atoms with Gasteiger partial charge in [0.05, 0.1) is 25.4 Å². The Morgan fingerprint density at radius 2 is 0.625 bits per heavy atom. The first kappa shape index (κ1) is 77.8. The van der Waals surface area contributed by atoms with Crippen LogP contribution in [0.5, 0.6) is 0 Å². The minimum atomic E-state index is -0.842. The van der Waals surface area contributed by atoms with E-state index in [9.17, 15) is 19.8 Å². The maximum Gasteiger partial charge on any atom is 0.305 e. The third-order valence-corrected chi connectivity index (χ3v) is 16.6. The van der Waals surface area contributed by atoms with E-state index in [2.05, 4.69) is 55.6 Å². The summed E-state index contributed by atoms with van der Waals surface area (Å²) in [6.45, 7) is 4.90. The van der Waals surface area contributed by atoms with E-state index in [1.54, 1.807) is 6.08 Å². The molecule has 2 atom stereocenters. The van der Waals surface area contributed by atoms with Gasteiger partial charge in [-0.1, -0.05) is 332 Å². The number of allylic oxidation sites excluding steroid dienone is 7. The molecular formula is C74H139NO5. The zero-order chi connectivity index (χ0) is 57.8. The largest absolute Gasteiger partial charge is 0.466 e. The summed E-state index contributed by atoms with van der Waals surface area (Å²) in [4.78, 5) is 24.5. The number of esters is 1. The van der Waals surface area contributed by atoms with Crippen molar-refractivity contribution < 1.29 is 24.5 Å². The first-order chi connectivity index (χ1) is 39.5. The summed E-state index contributed by atoms with van der Waals surface area (Å²) in [5.74, 6) is -0.0554. The van der Waals surface area contributed by atoms with E-state index < -0.39 is 12.1 Å². The van der Waals surface area contributed by atoms with Crippen molar-refractivity contribution in [1.82, 2.24) is 5.32 Å².